The van der Waals surface area contributed by atoms with Crippen LogP contribution < -0.4 is 4.74 Å². The fourth-order valence-electron chi connectivity index (χ4n) is 3.03. The van der Waals surface area contributed by atoms with Crippen molar-refractivity contribution in [2.75, 3.05) is 6.61 Å². The highest BCUT2D eigenvalue weighted by molar-refractivity contribution is 5.42. The van der Waals surface area contributed by atoms with Gasteiger partial charge in [-0.05, 0) is 41.9 Å². The highest BCUT2D eigenvalue weighted by atomic mass is 16.5. The Bertz CT molecular complexity index is 413. The van der Waals surface area contributed by atoms with Gasteiger partial charge in [-0.15, -0.1) is 0 Å². The van der Waals surface area contributed by atoms with Crippen molar-refractivity contribution in [3.8, 4) is 5.75 Å². The molecule has 0 bridgehead atoms. The molecule has 1 aliphatic carbocycles. The zero-order valence-electron chi connectivity index (χ0n) is 9.70. The summed E-state index contributed by atoms with van der Waals surface area (Å²) in [6, 6.07) is 6.54. The van der Waals surface area contributed by atoms with Crippen molar-refractivity contribution in [1.82, 2.24) is 0 Å². The van der Waals surface area contributed by atoms with Crippen molar-refractivity contribution in [1.29, 1.82) is 0 Å². The van der Waals surface area contributed by atoms with E-state index in [1.54, 1.807) is 0 Å². The Morgan fingerprint density at radius 3 is 3.06 bits per heavy atom. The van der Waals surface area contributed by atoms with Gasteiger partial charge >= 0.3 is 0 Å². The van der Waals surface area contributed by atoms with E-state index in [2.05, 4.69) is 25.1 Å². The molecule has 2 heteroatoms. The Morgan fingerprint density at radius 1 is 1.44 bits per heavy atom. The third-order valence-electron chi connectivity index (χ3n) is 4.10. The molecular formula is C14H18O2. The van der Waals surface area contributed by atoms with Gasteiger partial charge in [0.2, 0.25) is 0 Å². The van der Waals surface area contributed by atoms with Crippen LogP contribution >= 0.6 is 0 Å². The molecule has 3 rings (SSSR count). The molecule has 1 N–H and O–H groups in total. The molecule has 0 radical (unpaired) electrons. The number of benzene rings is 1. The van der Waals surface area contributed by atoms with Crippen LogP contribution in [0.4, 0.5) is 0 Å². The van der Waals surface area contributed by atoms with E-state index in [0.29, 0.717) is 0 Å². The fraction of sp³-hybridized carbons (Fsp3) is 0.571. The predicted octanol–water partition coefficient (Wildman–Crippen LogP) is 2.42. The van der Waals surface area contributed by atoms with Gasteiger partial charge in [0.15, 0.2) is 0 Å². The van der Waals surface area contributed by atoms with Gasteiger partial charge in [-0.2, -0.15) is 0 Å². The molecule has 1 fully saturated rings. The molecule has 1 heterocycles. The molecule has 1 aliphatic heterocycles. The summed E-state index contributed by atoms with van der Waals surface area (Å²) in [7, 11) is 0. The van der Waals surface area contributed by atoms with E-state index >= 15 is 0 Å². The van der Waals surface area contributed by atoms with Crippen molar-refractivity contribution in [2.24, 2.45) is 0 Å². The minimum Gasteiger partial charge on any atom is -0.493 e. The maximum Gasteiger partial charge on any atom is 0.122 e. The minimum absolute atomic E-state index is 0.116. The molecule has 1 saturated carbocycles. The second-order valence-corrected chi connectivity index (χ2v) is 5.38. The normalized spacial score (nSPS) is 32.5. The number of ether oxygens (including phenoxy) is 1. The van der Waals surface area contributed by atoms with E-state index in [4.69, 9.17) is 4.74 Å². The molecule has 16 heavy (non-hydrogen) atoms. The highest BCUT2D eigenvalue weighted by Gasteiger charge is 2.36. The Balaban J connectivity index is 1.95. The van der Waals surface area contributed by atoms with Crippen LogP contribution in [0.5, 0.6) is 5.75 Å². The number of rotatable bonds is 1. The lowest BCUT2D eigenvalue weighted by molar-refractivity contribution is 0.175. The summed E-state index contributed by atoms with van der Waals surface area (Å²) in [4.78, 5) is 0. The Kier molecular flexibility index (Phi) is 2.21. The molecule has 0 spiro atoms. The first-order chi connectivity index (χ1) is 7.67. The molecule has 2 unspecified atom stereocenters. The van der Waals surface area contributed by atoms with Crippen molar-refractivity contribution in [3.63, 3.8) is 0 Å². The van der Waals surface area contributed by atoms with Gasteiger partial charge in [0.1, 0.15) is 5.75 Å². The summed E-state index contributed by atoms with van der Waals surface area (Å²) in [6.45, 7) is 3.08. The quantitative estimate of drug-likeness (QED) is 0.784. The molecule has 1 aromatic rings. The Labute approximate surface area is 96.2 Å². The first kappa shape index (κ1) is 10.2. The Hall–Kier alpha value is -1.02. The molecule has 0 amide bonds. The molecule has 2 nitrogen and oxygen atoms in total. The SMILES string of the molecule is CC1(c2ccc3c(c2)CCO3)CCC(O)C1. The largest absolute Gasteiger partial charge is 0.493 e. The third kappa shape index (κ3) is 1.52. The maximum atomic E-state index is 9.69. The first-order valence-corrected chi connectivity index (χ1v) is 6.12. The van der Waals surface area contributed by atoms with Crippen molar-refractivity contribution >= 4 is 0 Å². The molecule has 1 aromatic carbocycles. The average Bonchev–Trinajstić information content (AvgIpc) is 2.84. The number of aliphatic hydroxyl groups excluding tert-OH is 1. The molecule has 0 saturated heterocycles. The lowest BCUT2D eigenvalue weighted by atomic mass is 9.80. The minimum atomic E-state index is -0.116. The summed E-state index contributed by atoms with van der Waals surface area (Å²) in [5.74, 6) is 1.05. The summed E-state index contributed by atoms with van der Waals surface area (Å²) in [5.41, 5.74) is 2.87. The molecular weight excluding hydrogens is 200 g/mol. The number of hydrogen-bond donors (Lipinski definition) is 1. The summed E-state index contributed by atoms with van der Waals surface area (Å²) < 4.78 is 5.52. The van der Waals surface area contributed by atoms with Crippen LogP contribution in [-0.4, -0.2) is 17.8 Å². The number of hydrogen-bond acceptors (Lipinski definition) is 2. The van der Waals surface area contributed by atoms with Crippen molar-refractivity contribution in [2.45, 2.75) is 44.1 Å². The zero-order chi connectivity index (χ0) is 11.2. The van der Waals surface area contributed by atoms with E-state index in [0.717, 1.165) is 38.0 Å². The second-order valence-electron chi connectivity index (χ2n) is 5.38. The van der Waals surface area contributed by atoms with Crippen LogP contribution in [0.25, 0.3) is 0 Å². The number of aliphatic hydroxyl groups is 1. The van der Waals surface area contributed by atoms with E-state index < -0.39 is 0 Å². The van der Waals surface area contributed by atoms with Crippen LogP contribution in [0.2, 0.25) is 0 Å². The molecule has 2 aliphatic rings. The molecule has 2 atom stereocenters. The van der Waals surface area contributed by atoms with Crippen LogP contribution in [0.3, 0.4) is 0 Å². The lowest BCUT2D eigenvalue weighted by Crippen LogP contribution is -2.18. The topological polar surface area (TPSA) is 29.5 Å². The highest BCUT2D eigenvalue weighted by Crippen LogP contribution is 2.42. The van der Waals surface area contributed by atoms with Crippen LogP contribution in [0, 0.1) is 0 Å². The average molecular weight is 218 g/mol. The van der Waals surface area contributed by atoms with Gasteiger partial charge < -0.3 is 9.84 Å². The van der Waals surface area contributed by atoms with Gasteiger partial charge in [-0.3, -0.25) is 0 Å². The van der Waals surface area contributed by atoms with Gasteiger partial charge in [-0.25, -0.2) is 0 Å². The second kappa shape index (κ2) is 3.49. The van der Waals surface area contributed by atoms with E-state index in [1.807, 2.05) is 0 Å². The fourth-order valence-corrected chi connectivity index (χ4v) is 3.03. The predicted molar refractivity (Wildman–Crippen MR) is 62.9 cm³/mol. The number of fused-ring (bicyclic) bond motifs is 1. The standard InChI is InChI=1S/C14H18O2/c1-14(6-4-12(15)9-14)11-2-3-13-10(8-11)5-7-16-13/h2-3,8,12,15H,4-7,9H2,1H3. The lowest BCUT2D eigenvalue weighted by Gasteiger charge is -2.24. The third-order valence-corrected chi connectivity index (χ3v) is 4.10. The summed E-state index contributed by atoms with van der Waals surface area (Å²) >= 11 is 0. The van der Waals surface area contributed by atoms with Gasteiger partial charge in [0.25, 0.3) is 0 Å². The molecule has 86 valence electrons. The van der Waals surface area contributed by atoms with Gasteiger partial charge in [0, 0.05) is 6.42 Å². The smallest absolute Gasteiger partial charge is 0.122 e. The van der Waals surface area contributed by atoms with Crippen molar-refractivity contribution in [3.05, 3.63) is 29.3 Å². The monoisotopic (exact) mass is 218 g/mol. The summed E-state index contributed by atoms with van der Waals surface area (Å²) in [6.07, 6.45) is 3.83. The summed E-state index contributed by atoms with van der Waals surface area (Å²) in [5, 5.41) is 9.69. The maximum absolute atomic E-state index is 9.69. The zero-order valence-corrected chi connectivity index (χ0v) is 9.70. The van der Waals surface area contributed by atoms with Crippen molar-refractivity contribution < 1.29 is 9.84 Å². The van der Waals surface area contributed by atoms with E-state index in [1.165, 1.54) is 11.1 Å². The van der Waals surface area contributed by atoms with Crippen LogP contribution in [0.1, 0.15) is 37.3 Å². The van der Waals surface area contributed by atoms with Gasteiger partial charge in [-0.1, -0.05) is 19.1 Å². The van der Waals surface area contributed by atoms with E-state index in [9.17, 15) is 5.11 Å². The van der Waals surface area contributed by atoms with Gasteiger partial charge in [0.05, 0.1) is 12.7 Å². The van der Waals surface area contributed by atoms with E-state index in [-0.39, 0.29) is 11.5 Å². The molecule has 0 aromatic heterocycles. The van der Waals surface area contributed by atoms with Crippen LogP contribution in [-0.2, 0) is 11.8 Å². The Morgan fingerprint density at radius 2 is 2.31 bits per heavy atom. The van der Waals surface area contributed by atoms with Crippen LogP contribution in [0.15, 0.2) is 18.2 Å². The first-order valence-electron chi connectivity index (χ1n) is 6.12.